The molecule has 3 nitrogen and oxygen atoms in total. The number of para-hydroxylation sites is 2. The Balaban J connectivity index is 0.000000128. The molecule has 2 heterocycles. The number of nitrogens with zero attached hydrogens (tertiary/aromatic N) is 2. The highest BCUT2D eigenvalue weighted by Gasteiger charge is 1.91. The van der Waals surface area contributed by atoms with E-state index in [1.807, 2.05) is 54.6 Å². The summed E-state index contributed by atoms with van der Waals surface area (Å²) in [5.41, 5.74) is 1.76. The fourth-order valence-corrected chi connectivity index (χ4v) is 1.24. The van der Waals surface area contributed by atoms with Crippen molar-refractivity contribution in [2.75, 3.05) is 0 Å². The van der Waals surface area contributed by atoms with Gasteiger partial charge in [0.25, 0.3) is 0 Å². The number of aliphatic imine (C=N–C) groups is 1. The van der Waals surface area contributed by atoms with Crippen LogP contribution < -0.4 is 0 Å². The van der Waals surface area contributed by atoms with E-state index in [1.165, 1.54) is 6.39 Å². The minimum absolute atomic E-state index is 0.845. The van der Waals surface area contributed by atoms with Crippen LogP contribution in [0, 0.1) is 0 Å². The Morgan fingerprint density at radius 3 is 2.65 bits per heavy atom. The van der Waals surface area contributed by atoms with E-state index in [4.69, 9.17) is 4.42 Å². The second-order valence-corrected chi connectivity index (χ2v) is 3.23. The van der Waals surface area contributed by atoms with Crippen LogP contribution in [0.1, 0.15) is 0 Å². The molecule has 0 saturated carbocycles. The molecule has 3 heteroatoms. The third-order valence-electron chi connectivity index (χ3n) is 2.03. The number of benzene rings is 1. The lowest BCUT2D eigenvalue weighted by Crippen LogP contribution is -1.63. The first kappa shape index (κ1) is 11.1. The zero-order valence-electron chi connectivity index (χ0n) is 9.23. The second-order valence-electron chi connectivity index (χ2n) is 3.23. The smallest absolute Gasteiger partial charge is 0.181 e. The van der Waals surface area contributed by atoms with Crippen molar-refractivity contribution in [3.05, 3.63) is 67.2 Å². The van der Waals surface area contributed by atoms with Gasteiger partial charge in [-0.1, -0.05) is 30.4 Å². The van der Waals surface area contributed by atoms with Crippen LogP contribution in [0.4, 0.5) is 0 Å². The summed E-state index contributed by atoms with van der Waals surface area (Å²) in [5, 5.41) is 0. The predicted octanol–water partition coefficient (Wildman–Crippen LogP) is 3.52. The summed E-state index contributed by atoms with van der Waals surface area (Å²) >= 11 is 0. The number of hydrogen-bond acceptors (Lipinski definition) is 3. The largest absolute Gasteiger partial charge is 0.443 e. The van der Waals surface area contributed by atoms with E-state index < -0.39 is 0 Å². The van der Waals surface area contributed by atoms with Crippen LogP contribution in [0.15, 0.2) is 76.6 Å². The van der Waals surface area contributed by atoms with E-state index in [9.17, 15) is 0 Å². The Morgan fingerprint density at radius 2 is 1.71 bits per heavy atom. The molecule has 1 aliphatic heterocycles. The van der Waals surface area contributed by atoms with Crippen molar-refractivity contribution in [2.24, 2.45) is 4.99 Å². The molecule has 0 unspecified atom stereocenters. The molecule has 17 heavy (non-hydrogen) atoms. The molecule has 1 aliphatic rings. The van der Waals surface area contributed by atoms with Crippen molar-refractivity contribution in [2.45, 2.75) is 0 Å². The standard InChI is InChI=1S/C7H5NO.C7H7N/c1-2-4-7-6(3-1)8-5-9-7;1-2-4-6-8-7-5-3-1/h1-5H;1-7H/b;2-1?,3-1?,4-2?,5-3?,6-4-,7-5?,8-6?,8-7?. The van der Waals surface area contributed by atoms with Gasteiger partial charge in [0, 0.05) is 12.4 Å². The van der Waals surface area contributed by atoms with Gasteiger partial charge in [-0.2, -0.15) is 0 Å². The molecule has 3 rings (SSSR count). The van der Waals surface area contributed by atoms with Gasteiger partial charge in [-0.25, -0.2) is 4.98 Å². The number of aromatic nitrogens is 1. The normalized spacial score (nSPS) is 14.8. The van der Waals surface area contributed by atoms with Gasteiger partial charge in [0.1, 0.15) is 5.52 Å². The lowest BCUT2D eigenvalue weighted by molar-refractivity contribution is 0.602. The highest BCUT2D eigenvalue weighted by atomic mass is 16.3. The SMILES string of the molecule is C1=CC=N/C=C\C=C1.c1ccc2ocnc2c1. The van der Waals surface area contributed by atoms with Crippen LogP contribution in [0.3, 0.4) is 0 Å². The van der Waals surface area contributed by atoms with E-state index in [0.29, 0.717) is 0 Å². The second kappa shape index (κ2) is 6.23. The van der Waals surface area contributed by atoms with Crippen LogP contribution in [0.25, 0.3) is 11.1 Å². The van der Waals surface area contributed by atoms with E-state index in [0.717, 1.165) is 11.1 Å². The van der Waals surface area contributed by atoms with Gasteiger partial charge < -0.3 is 4.42 Å². The highest BCUT2D eigenvalue weighted by molar-refractivity contribution is 5.72. The molecular formula is C14H12N2O. The molecule has 84 valence electrons. The lowest BCUT2D eigenvalue weighted by atomic mass is 10.3. The molecule has 0 N–H and O–H groups in total. The van der Waals surface area contributed by atoms with E-state index in [-0.39, 0.29) is 0 Å². The molecule has 0 aliphatic carbocycles. The quantitative estimate of drug-likeness (QED) is 0.686. The molecule has 0 spiro atoms. The summed E-state index contributed by atoms with van der Waals surface area (Å²) in [6, 6.07) is 7.67. The highest BCUT2D eigenvalue weighted by Crippen LogP contribution is 2.09. The molecule has 0 atom stereocenters. The van der Waals surface area contributed by atoms with Crippen LogP contribution >= 0.6 is 0 Å². The Labute approximate surface area is 99.5 Å². The van der Waals surface area contributed by atoms with Crippen molar-refractivity contribution in [3.8, 4) is 0 Å². The first-order valence-electron chi connectivity index (χ1n) is 5.27. The summed E-state index contributed by atoms with van der Waals surface area (Å²) in [6.45, 7) is 0. The van der Waals surface area contributed by atoms with Crippen molar-refractivity contribution < 1.29 is 4.42 Å². The minimum Gasteiger partial charge on any atom is -0.443 e. The molecule has 0 fully saturated rings. The predicted molar refractivity (Wildman–Crippen MR) is 69.9 cm³/mol. The maximum Gasteiger partial charge on any atom is 0.181 e. The van der Waals surface area contributed by atoms with Gasteiger partial charge in [-0.15, -0.1) is 0 Å². The number of rotatable bonds is 0. The van der Waals surface area contributed by atoms with Gasteiger partial charge in [0.2, 0.25) is 0 Å². The van der Waals surface area contributed by atoms with Crippen molar-refractivity contribution >= 4 is 17.3 Å². The Kier molecular flexibility index (Phi) is 4.06. The Morgan fingerprint density at radius 1 is 0.882 bits per heavy atom. The number of oxazole rings is 1. The Hall–Kier alpha value is -2.42. The third kappa shape index (κ3) is 3.57. The number of allylic oxidation sites excluding steroid dienone is 5. The van der Waals surface area contributed by atoms with Gasteiger partial charge in [-0.3, -0.25) is 4.99 Å². The number of fused-ring (bicyclic) bond motifs is 1. The Bertz CT molecular complexity index is 490. The fraction of sp³-hybridized carbons (Fsp3) is 0. The van der Waals surface area contributed by atoms with Crippen LogP contribution in [0.2, 0.25) is 0 Å². The van der Waals surface area contributed by atoms with Crippen molar-refractivity contribution in [1.82, 2.24) is 4.98 Å². The third-order valence-corrected chi connectivity index (χ3v) is 2.03. The summed E-state index contributed by atoms with van der Waals surface area (Å²) in [7, 11) is 0. The lowest BCUT2D eigenvalue weighted by Gasteiger charge is -1.79. The fourth-order valence-electron chi connectivity index (χ4n) is 1.24. The average Bonchev–Trinajstić information content (AvgIpc) is 2.76. The van der Waals surface area contributed by atoms with Gasteiger partial charge in [0.15, 0.2) is 12.0 Å². The van der Waals surface area contributed by atoms with E-state index in [1.54, 1.807) is 12.4 Å². The molecule has 1 aromatic carbocycles. The molecule has 2 aromatic rings. The summed E-state index contributed by atoms with van der Waals surface area (Å²) < 4.78 is 5.01. The van der Waals surface area contributed by atoms with Crippen LogP contribution in [-0.4, -0.2) is 11.2 Å². The molecule has 0 radical (unpaired) electrons. The molecule has 0 bridgehead atoms. The molecule has 0 amide bonds. The maximum atomic E-state index is 5.01. The van der Waals surface area contributed by atoms with Crippen molar-refractivity contribution in [3.63, 3.8) is 0 Å². The monoisotopic (exact) mass is 224 g/mol. The zero-order chi connectivity index (χ0) is 11.8. The zero-order valence-corrected chi connectivity index (χ0v) is 9.23. The first-order valence-corrected chi connectivity index (χ1v) is 5.27. The molecular weight excluding hydrogens is 212 g/mol. The topological polar surface area (TPSA) is 38.4 Å². The average molecular weight is 224 g/mol. The van der Waals surface area contributed by atoms with Crippen LogP contribution in [0.5, 0.6) is 0 Å². The molecule has 1 aromatic heterocycles. The van der Waals surface area contributed by atoms with E-state index in [2.05, 4.69) is 9.98 Å². The first-order chi connectivity index (χ1) is 8.47. The van der Waals surface area contributed by atoms with Gasteiger partial charge in [-0.05, 0) is 24.3 Å². The molecule has 0 saturated heterocycles. The summed E-state index contributed by atoms with van der Waals surface area (Å²) in [4.78, 5) is 7.84. The van der Waals surface area contributed by atoms with E-state index >= 15 is 0 Å². The minimum atomic E-state index is 0.845. The van der Waals surface area contributed by atoms with Crippen LogP contribution in [-0.2, 0) is 0 Å². The van der Waals surface area contributed by atoms with Gasteiger partial charge in [0.05, 0.1) is 0 Å². The summed E-state index contributed by atoms with van der Waals surface area (Å²) in [5.74, 6) is 0. The van der Waals surface area contributed by atoms with Crippen molar-refractivity contribution in [1.29, 1.82) is 0 Å². The number of hydrogen-bond donors (Lipinski definition) is 0. The van der Waals surface area contributed by atoms with Gasteiger partial charge >= 0.3 is 0 Å². The summed E-state index contributed by atoms with van der Waals surface area (Å²) in [6.07, 6.45) is 14.6. The maximum absolute atomic E-state index is 5.01.